The highest BCUT2D eigenvalue weighted by Crippen LogP contribution is 2.16. The summed E-state index contributed by atoms with van der Waals surface area (Å²) in [5.74, 6) is 0. The van der Waals surface area contributed by atoms with Gasteiger partial charge in [0.1, 0.15) is 6.10 Å². The zero-order valence-corrected chi connectivity index (χ0v) is 8.44. The average molecular weight is 192 g/mol. The highest BCUT2D eigenvalue weighted by atomic mass is 16.5. The number of ether oxygens (including phenoxy) is 1. The molecule has 1 unspecified atom stereocenters. The van der Waals surface area contributed by atoms with Crippen LogP contribution in [-0.4, -0.2) is 18.3 Å². The highest BCUT2D eigenvalue weighted by Gasteiger charge is 2.09. The van der Waals surface area contributed by atoms with E-state index in [1.54, 1.807) is 0 Å². The Kier molecular flexibility index (Phi) is 4.36. The molecule has 0 radical (unpaired) electrons. The molecule has 2 nitrogen and oxygen atoms in total. The second-order valence-corrected chi connectivity index (χ2v) is 3.35. The van der Waals surface area contributed by atoms with Crippen LogP contribution in [0.2, 0.25) is 0 Å². The summed E-state index contributed by atoms with van der Waals surface area (Å²) < 4.78 is 5.49. The van der Waals surface area contributed by atoms with Crippen molar-refractivity contribution in [2.24, 2.45) is 0 Å². The number of aliphatic hydroxyl groups excluding tert-OH is 1. The van der Waals surface area contributed by atoms with Gasteiger partial charge in [0.05, 0.1) is 13.2 Å². The van der Waals surface area contributed by atoms with Crippen molar-refractivity contribution in [1.82, 2.24) is 0 Å². The third-order valence-corrected chi connectivity index (χ3v) is 1.87. The zero-order valence-electron chi connectivity index (χ0n) is 8.44. The van der Waals surface area contributed by atoms with Crippen LogP contribution in [0, 0.1) is 0 Å². The van der Waals surface area contributed by atoms with Crippen molar-refractivity contribution in [2.45, 2.75) is 13.0 Å². The van der Waals surface area contributed by atoms with Crippen LogP contribution in [0.1, 0.15) is 18.6 Å². The Balaban J connectivity index is 2.58. The molecule has 0 amide bonds. The van der Waals surface area contributed by atoms with Crippen LogP contribution in [0.3, 0.4) is 0 Å². The number of rotatable bonds is 5. The first-order valence-electron chi connectivity index (χ1n) is 4.66. The molecule has 1 aromatic carbocycles. The molecule has 0 aliphatic rings. The predicted octanol–water partition coefficient (Wildman–Crippen LogP) is 2.31. The fourth-order valence-corrected chi connectivity index (χ4v) is 1.16. The van der Waals surface area contributed by atoms with E-state index in [0.29, 0.717) is 6.61 Å². The van der Waals surface area contributed by atoms with Crippen LogP contribution < -0.4 is 0 Å². The summed E-state index contributed by atoms with van der Waals surface area (Å²) in [7, 11) is 0. The summed E-state index contributed by atoms with van der Waals surface area (Å²) in [6.45, 7) is 6.13. The minimum absolute atomic E-state index is 0.00269. The molecule has 1 atom stereocenters. The minimum atomic E-state index is -0.243. The van der Waals surface area contributed by atoms with E-state index in [-0.39, 0.29) is 12.7 Å². The lowest BCUT2D eigenvalue weighted by molar-refractivity contribution is 0.0243. The van der Waals surface area contributed by atoms with Crippen LogP contribution in [0.4, 0.5) is 0 Å². The van der Waals surface area contributed by atoms with E-state index in [0.717, 1.165) is 11.1 Å². The molecule has 1 rings (SSSR count). The first-order chi connectivity index (χ1) is 6.74. The van der Waals surface area contributed by atoms with Crippen LogP contribution in [0.15, 0.2) is 42.5 Å². The average Bonchev–Trinajstić information content (AvgIpc) is 2.20. The van der Waals surface area contributed by atoms with E-state index in [1.165, 1.54) is 0 Å². The van der Waals surface area contributed by atoms with Crippen molar-refractivity contribution >= 4 is 0 Å². The number of benzene rings is 1. The smallest absolute Gasteiger partial charge is 0.106 e. The molecule has 0 bridgehead atoms. The van der Waals surface area contributed by atoms with Gasteiger partial charge in [0.25, 0.3) is 0 Å². The Morgan fingerprint density at radius 1 is 1.43 bits per heavy atom. The van der Waals surface area contributed by atoms with Crippen molar-refractivity contribution in [1.29, 1.82) is 0 Å². The summed E-state index contributed by atoms with van der Waals surface area (Å²) in [5.41, 5.74) is 1.95. The van der Waals surface area contributed by atoms with Crippen LogP contribution in [-0.2, 0) is 4.74 Å². The van der Waals surface area contributed by atoms with E-state index in [9.17, 15) is 0 Å². The fraction of sp³-hybridized carbons (Fsp3) is 0.333. The number of hydrogen-bond acceptors (Lipinski definition) is 2. The molecule has 1 N–H and O–H groups in total. The van der Waals surface area contributed by atoms with Gasteiger partial charge in [-0.15, -0.1) is 0 Å². The van der Waals surface area contributed by atoms with Gasteiger partial charge in [-0.2, -0.15) is 0 Å². The van der Waals surface area contributed by atoms with Crippen molar-refractivity contribution < 1.29 is 9.84 Å². The highest BCUT2D eigenvalue weighted by molar-refractivity contribution is 5.17. The van der Waals surface area contributed by atoms with E-state index in [2.05, 4.69) is 6.58 Å². The zero-order chi connectivity index (χ0) is 10.4. The molecular weight excluding hydrogens is 176 g/mol. The predicted molar refractivity (Wildman–Crippen MR) is 57.0 cm³/mol. The maximum atomic E-state index is 9.14. The molecule has 0 saturated heterocycles. The first-order valence-corrected chi connectivity index (χ1v) is 4.66. The summed E-state index contributed by atoms with van der Waals surface area (Å²) >= 11 is 0. The second-order valence-electron chi connectivity index (χ2n) is 3.35. The Labute approximate surface area is 84.8 Å². The molecule has 0 fully saturated rings. The summed E-state index contributed by atoms with van der Waals surface area (Å²) in [4.78, 5) is 0. The van der Waals surface area contributed by atoms with Crippen molar-refractivity contribution in [3.8, 4) is 0 Å². The van der Waals surface area contributed by atoms with E-state index < -0.39 is 0 Å². The molecule has 0 aliphatic carbocycles. The standard InChI is InChI=1S/C12H16O2/c1-10(2)9-14-12(8-13)11-6-4-3-5-7-11/h3-7,12-13H,1,8-9H2,2H3. The van der Waals surface area contributed by atoms with Crippen molar-refractivity contribution in [3.05, 3.63) is 48.0 Å². The Morgan fingerprint density at radius 2 is 2.07 bits per heavy atom. The van der Waals surface area contributed by atoms with Crippen LogP contribution in [0.25, 0.3) is 0 Å². The van der Waals surface area contributed by atoms with E-state index in [4.69, 9.17) is 9.84 Å². The van der Waals surface area contributed by atoms with E-state index in [1.807, 2.05) is 37.3 Å². The maximum Gasteiger partial charge on any atom is 0.106 e. The molecule has 0 aromatic heterocycles. The Hall–Kier alpha value is -1.12. The van der Waals surface area contributed by atoms with Gasteiger partial charge < -0.3 is 9.84 Å². The second kappa shape index (κ2) is 5.58. The SMILES string of the molecule is C=C(C)COC(CO)c1ccccc1. The third-order valence-electron chi connectivity index (χ3n) is 1.87. The lowest BCUT2D eigenvalue weighted by atomic mass is 10.1. The summed E-state index contributed by atoms with van der Waals surface area (Å²) in [6, 6.07) is 9.69. The molecule has 2 heteroatoms. The van der Waals surface area contributed by atoms with Gasteiger partial charge in [-0.25, -0.2) is 0 Å². The number of hydrogen-bond donors (Lipinski definition) is 1. The summed E-state index contributed by atoms with van der Waals surface area (Å²) in [5, 5.41) is 9.14. The molecular formula is C12H16O2. The maximum absolute atomic E-state index is 9.14. The van der Waals surface area contributed by atoms with Crippen molar-refractivity contribution in [2.75, 3.05) is 13.2 Å². The van der Waals surface area contributed by atoms with Crippen molar-refractivity contribution in [3.63, 3.8) is 0 Å². The van der Waals surface area contributed by atoms with Gasteiger partial charge in [0.15, 0.2) is 0 Å². The topological polar surface area (TPSA) is 29.5 Å². The third kappa shape index (κ3) is 3.32. The Morgan fingerprint density at radius 3 is 2.57 bits per heavy atom. The van der Waals surface area contributed by atoms with Crippen LogP contribution >= 0.6 is 0 Å². The van der Waals surface area contributed by atoms with Gasteiger partial charge in [0.2, 0.25) is 0 Å². The van der Waals surface area contributed by atoms with Gasteiger partial charge in [0, 0.05) is 0 Å². The lowest BCUT2D eigenvalue weighted by Gasteiger charge is -2.15. The van der Waals surface area contributed by atoms with Gasteiger partial charge in [-0.05, 0) is 12.5 Å². The molecule has 14 heavy (non-hydrogen) atoms. The minimum Gasteiger partial charge on any atom is -0.393 e. The normalized spacial score (nSPS) is 12.4. The molecule has 76 valence electrons. The fourth-order valence-electron chi connectivity index (χ4n) is 1.16. The molecule has 1 aromatic rings. The van der Waals surface area contributed by atoms with Gasteiger partial charge >= 0.3 is 0 Å². The van der Waals surface area contributed by atoms with Crippen LogP contribution in [0.5, 0.6) is 0 Å². The monoisotopic (exact) mass is 192 g/mol. The summed E-state index contributed by atoms with van der Waals surface area (Å²) in [6.07, 6.45) is -0.243. The Bertz CT molecular complexity index is 280. The largest absolute Gasteiger partial charge is 0.393 e. The quantitative estimate of drug-likeness (QED) is 0.725. The molecule has 0 spiro atoms. The van der Waals surface area contributed by atoms with Gasteiger partial charge in [-0.1, -0.05) is 42.5 Å². The first kappa shape index (κ1) is 11.0. The molecule has 0 saturated carbocycles. The molecule has 0 aliphatic heterocycles. The lowest BCUT2D eigenvalue weighted by Crippen LogP contribution is -2.10. The molecule has 0 heterocycles. The van der Waals surface area contributed by atoms with Gasteiger partial charge in [-0.3, -0.25) is 0 Å². The van der Waals surface area contributed by atoms with E-state index >= 15 is 0 Å². The number of aliphatic hydroxyl groups is 1.